The number of hydrogen-bond acceptors (Lipinski definition) is 16. The number of ether oxygens (including phenoxy) is 2. The zero-order chi connectivity index (χ0) is 31.8. The van der Waals surface area contributed by atoms with Crippen LogP contribution in [0.2, 0.25) is 0 Å². The fourth-order valence-corrected chi connectivity index (χ4v) is 7.27. The number of aliphatic hydroxyl groups excluding tert-OH is 1. The number of aromatic amines is 1. The lowest BCUT2D eigenvalue weighted by atomic mass is 10.1. The monoisotopic (exact) mass is 676 g/mol. The number of aromatic nitrogens is 6. The maximum atomic E-state index is 15.9. The molecule has 21 nitrogen and oxygen atoms in total. The lowest BCUT2D eigenvalue weighted by Crippen LogP contribution is -2.35. The molecule has 242 valence electrons. The fraction of sp³-hybridized carbons (Fsp3) is 0.524. The Balaban J connectivity index is 1.20. The molecule has 7 heterocycles. The predicted octanol–water partition coefficient (Wildman–Crippen LogP) is -0.601. The van der Waals surface area contributed by atoms with Crippen molar-refractivity contribution in [2.75, 3.05) is 18.9 Å². The molecule has 3 fully saturated rings. The summed E-state index contributed by atoms with van der Waals surface area (Å²) in [7, 11) is -10.3. The number of Topliss-reactive ketones (excluding diaryl/α,β-unsaturated/α-hetero) is 1. The van der Waals surface area contributed by atoms with E-state index in [1.54, 1.807) is 0 Å². The summed E-state index contributed by atoms with van der Waals surface area (Å²) in [6.45, 7) is -1.80. The van der Waals surface area contributed by atoms with Crippen LogP contribution in [0.1, 0.15) is 29.4 Å². The quantitative estimate of drug-likeness (QED) is 0.212. The number of carbonyl (C=O) groups is 1. The number of nitrogen functional groups attached to an aromatic ring is 1. The van der Waals surface area contributed by atoms with Gasteiger partial charge in [0.25, 0.3) is 5.56 Å². The number of nitrogens with one attached hydrogen (secondary N) is 1. The van der Waals surface area contributed by atoms with Crippen LogP contribution in [-0.2, 0) is 36.7 Å². The predicted molar refractivity (Wildman–Crippen MR) is 142 cm³/mol. The minimum atomic E-state index is -5.17. The summed E-state index contributed by atoms with van der Waals surface area (Å²) in [5.41, 5.74) is 4.54. The van der Waals surface area contributed by atoms with Crippen LogP contribution in [0.3, 0.4) is 0 Å². The van der Waals surface area contributed by atoms with Crippen LogP contribution in [0, 0.1) is 0 Å². The van der Waals surface area contributed by atoms with Gasteiger partial charge < -0.3 is 30.1 Å². The number of anilines is 1. The molecule has 10 atom stereocenters. The van der Waals surface area contributed by atoms with Crippen molar-refractivity contribution in [1.82, 2.24) is 29.1 Å². The number of hydrogen-bond donors (Lipinski definition) is 5. The van der Waals surface area contributed by atoms with E-state index < -0.39 is 83.6 Å². The normalized spacial score (nSPS) is 38.8. The molecule has 3 aromatic heterocycles. The molecule has 0 saturated carbocycles. The van der Waals surface area contributed by atoms with Gasteiger partial charge in [0.15, 0.2) is 47.1 Å². The van der Waals surface area contributed by atoms with E-state index in [9.17, 15) is 33.6 Å². The average molecular weight is 676 g/mol. The van der Waals surface area contributed by atoms with E-state index in [1.807, 2.05) is 0 Å². The molecule has 7 rings (SSSR count). The molecule has 24 heteroatoms. The molecule has 2 bridgehead atoms. The van der Waals surface area contributed by atoms with Crippen molar-refractivity contribution in [2.45, 2.75) is 55.6 Å². The molecule has 0 amide bonds. The third kappa shape index (κ3) is 5.36. The van der Waals surface area contributed by atoms with Crippen LogP contribution in [0.5, 0.6) is 0 Å². The Morgan fingerprint density at radius 2 is 1.64 bits per heavy atom. The van der Waals surface area contributed by atoms with Gasteiger partial charge in [0, 0.05) is 12.6 Å². The van der Waals surface area contributed by atoms with Crippen LogP contribution < -0.4 is 11.3 Å². The third-order valence-electron chi connectivity index (χ3n) is 7.41. The molecule has 0 spiro atoms. The van der Waals surface area contributed by atoms with E-state index in [-0.39, 0.29) is 40.8 Å². The topological polar surface area (TPSA) is 287 Å². The number of rotatable bonds is 2. The maximum absolute atomic E-state index is 15.9. The summed E-state index contributed by atoms with van der Waals surface area (Å²) in [4.78, 5) is 63.8. The van der Waals surface area contributed by atoms with Gasteiger partial charge >= 0.3 is 15.6 Å². The highest BCUT2D eigenvalue weighted by molar-refractivity contribution is 7.47. The number of alkyl halides is 1. The highest BCUT2D eigenvalue weighted by Gasteiger charge is 2.54. The van der Waals surface area contributed by atoms with Crippen molar-refractivity contribution in [3.63, 3.8) is 0 Å². The van der Waals surface area contributed by atoms with Crippen LogP contribution in [0.25, 0.3) is 11.2 Å². The molecule has 2 unspecified atom stereocenters. The van der Waals surface area contributed by atoms with Crippen molar-refractivity contribution in [3.05, 3.63) is 28.7 Å². The van der Waals surface area contributed by atoms with Gasteiger partial charge in [0.1, 0.15) is 30.5 Å². The Kier molecular flexibility index (Phi) is 7.37. The van der Waals surface area contributed by atoms with E-state index in [4.69, 9.17) is 33.3 Å². The summed E-state index contributed by atoms with van der Waals surface area (Å²) in [5, 5.41) is 11.0. The van der Waals surface area contributed by atoms with E-state index in [2.05, 4.69) is 24.9 Å². The van der Waals surface area contributed by atoms with E-state index in [1.165, 1.54) is 6.21 Å². The average Bonchev–Trinajstić information content (AvgIpc) is 3.72. The number of ketones is 1. The van der Waals surface area contributed by atoms with Crippen LogP contribution in [-0.4, -0.2) is 106 Å². The SMILES string of the molecule is Nc1nc2c(ncn2[C@@H]2O[C@@H]3COP(=O)(O)O[C@H]4[C@@H](F)[C@H](n5cnc6c5N=CCC6=O)O[C@@H]4COP(=O)(O)O[C@@H]2[C@@H]3O)c(=O)[nH]1. The van der Waals surface area contributed by atoms with Gasteiger partial charge in [-0.3, -0.25) is 41.8 Å². The fourth-order valence-electron chi connectivity index (χ4n) is 5.38. The molecular weight excluding hydrogens is 653 g/mol. The standard InChI is InChI=1S/C21H23FN8O13P2/c22-10-14-9(41-19(10)29-5-25-11-7(31)1-2-24-16(11)29)4-39-45(36,37)43-15-13(32)8(3-38-44(34,35)42-14)40-20(15)30-6-26-12-17(30)27-21(23)28-18(12)33/h2,5-6,8-10,13-15,19-20,32H,1,3-4H2,(H,34,35)(H,36,37)(H3,23,27,28,33)/t8-,9-,10-,13-,14-,15-,19-,20-/m1/s1. The number of aliphatic imine (C=N–C) groups is 1. The molecule has 4 aliphatic heterocycles. The number of nitrogens with zero attached hydrogens (tertiary/aromatic N) is 6. The number of H-pyrrole nitrogens is 1. The van der Waals surface area contributed by atoms with Gasteiger partial charge in [-0.2, -0.15) is 4.98 Å². The first-order chi connectivity index (χ1) is 21.3. The van der Waals surface area contributed by atoms with Crippen molar-refractivity contribution >= 4 is 50.6 Å². The Morgan fingerprint density at radius 3 is 2.40 bits per heavy atom. The molecule has 0 radical (unpaired) electrons. The number of nitrogens with two attached hydrogens (primary N) is 1. The number of fused-ring (bicyclic) bond motifs is 5. The second-order valence-corrected chi connectivity index (χ2v) is 13.1. The van der Waals surface area contributed by atoms with Gasteiger partial charge in [-0.1, -0.05) is 0 Å². The molecule has 45 heavy (non-hydrogen) atoms. The van der Waals surface area contributed by atoms with Crippen LogP contribution in [0.15, 0.2) is 22.4 Å². The van der Waals surface area contributed by atoms with Crippen molar-refractivity contribution < 1.29 is 60.8 Å². The number of halogens is 1. The lowest BCUT2D eigenvalue weighted by molar-refractivity contribution is -0.0672. The van der Waals surface area contributed by atoms with Crippen molar-refractivity contribution in [2.24, 2.45) is 4.99 Å². The molecule has 3 aromatic rings. The van der Waals surface area contributed by atoms with Gasteiger partial charge in [-0.25, -0.2) is 28.5 Å². The zero-order valence-corrected chi connectivity index (χ0v) is 24.2. The summed E-state index contributed by atoms with van der Waals surface area (Å²) in [6, 6.07) is 0. The molecule has 0 aromatic carbocycles. The summed E-state index contributed by atoms with van der Waals surface area (Å²) in [5.74, 6) is -0.716. The minimum absolute atomic E-state index is 0.0191. The van der Waals surface area contributed by atoms with Crippen LogP contribution >= 0.6 is 15.6 Å². The second kappa shape index (κ2) is 10.9. The lowest BCUT2D eigenvalue weighted by Gasteiger charge is -2.25. The highest BCUT2D eigenvalue weighted by atomic mass is 31.2. The number of imidazole rings is 2. The van der Waals surface area contributed by atoms with E-state index in [0.29, 0.717) is 0 Å². The minimum Gasteiger partial charge on any atom is -0.387 e. The number of phosphoric acid groups is 2. The largest absolute Gasteiger partial charge is 0.472 e. The first kappa shape index (κ1) is 30.4. The van der Waals surface area contributed by atoms with Gasteiger partial charge in [0.05, 0.1) is 25.9 Å². The van der Waals surface area contributed by atoms with Crippen molar-refractivity contribution in [3.8, 4) is 0 Å². The van der Waals surface area contributed by atoms with Crippen LogP contribution in [0.4, 0.5) is 16.2 Å². The zero-order valence-electron chi connectivity index (χ0n) is 22.4. The first-order valence-corrected chi connectivity index (χ1v) is 16.1. The Bertz CT molecular complexity index is 1860. The molecular formula is C21H23FN8O13P2. The first-order valence-electron chi connectivity index (χ1n) is 13.1. The molecule has 3 saturated heterocycles. The highest BCUT2D eigenvalue weighted by Crippen LogP contribution is 2.54. The summed E-state index contributed by atoms with van der Waals surface area (Å²) in [6.07, 6.45) is -10.6. The Morgan fingerprint density at radius 1 is 0.978 bits per heavy atom. The van der Waals surface area contributed by atoms with Gasteiger partial charge in [0.2, 0.25) is 5.95 Å². The smallest absolute Gasteiger partial charge is 0.387 e. The molecule has 4 aliphatic rings. The van der Waals surface area contributed by atoms with Gasteiger partial charge in [-0.15, -0.1) is 0 Å². The summed E-state index contributed by atoms with van der Waals surface area (Å²) >= 11 is 0. The number of aliphatic hydroxyl groups is 1. The van der Waals surface area contributed by atoms with E-state index in [0.717, 1.165) is 21.8 Å². The number of phosphoric ester groups is 2. The molecule has 6 N–H and O–H groups in total. The Labute approximate surface area is 248 Å². The second-order valence-electron chi connectivity index (χ2n) is 10.3. The molecule has 0 aliphatic carbocycles. The van der Waals surface area contributed by atoms with Gasteiger partial charge in [-0.05, 0) is 0 Å². The third-order valence-corrected chi connectivity index (χ3v) is 9.38. The summed E-state index contributed by atoms with van der Waals surface area (Å²) < 4.78 is 76.1. The Hall–Kier alpha value is -3.27. The van der Waals surface area contributed by atoms with Crippen molar-refractivity contribution in [1.29, 1.82) is 0 Å². The maximum Gasteiger partial charge on any atom is 0.472 e. The van der Waals surface area contributed by atoms with E-state index >= 15 is 4.39 Å². The number of carbonyl (C=O) groups excluding carboxylic acids is 1.